The highest BCUT2D eigenvalue weighted by Gasteiger charge is 2.25. The van der Waals surface area contributed by atoms with E-state index in [2.05, 4.69) is 69.2 Å². The van der Waals surface area contributed by atoms with Crippen LogP contribution in [0.5, 0.6) is 0 Å². The fourth-order valence-electron chi connectivity index (χ4n) is 3.41. The third-order valence-electron chi connectivity index (χ3n) is 4.91. The Hall–Kier alpha value is -0.860. The third kappa shape index (κ3) is 4.08. The molecular weight excluding hydrogens is 256 g/mol. The van der Waals surface area contributed by atoms with E-state index in [4.69, 9.17) is 0 Å². The SMILES string of the molecule is CCC1CCCN1CC(NC)c1ccc(C(C)(C)C)cc1. The standard InChI is InChI=1S/C19H32N2/c1-6-17-8-7-13-21(17)14-18(20-5)15-9-11-16(12-10-15)19(2,3)4/h9-12,17-18,20H,6-8,13-14H2,1-5H3. The van der Waals surface area contributed by atoms with Crippen molar-refractivity contribution in [3.63, 3.8) is 0 Å². The molecule has 2 heteroatoms. The minimum Gasteiger partial charge on any atom is -0.312 e. The molecule has 2 nitrogen and oxygen atoms in total. The first-order chi connectivity index (χ1) is 9.95. The van der Waals surface area contributed by atoms with Gasteiger partial charge in [-0.3, -0.25) is 4.90 Å². The van der Waals surface area contributed by atoms with Crippen molar-refractivity contribution in [1.82, 2.24) is 10.2 Å². The van der Waals surface area contributed by atoms with Gasteiger partial charge in [0.05, 0.1) is 0 Å². The minimum atomic E-state index is 0.232. The summed E-state index contributed by atoms with van der Waals surface area (Å²) < 4.78 is 0. The highest BCUT2D eigenvalue weighted by Crippen LogP contribution is 2.26. The molecule has 0 amide bonds. The quantitative estimate of drug-likeness (QED) is 0.877. The highest BCUT2D eigenvalue weighted by atomic mass is 15.2. The lowest BCUT2D eigenvalue weighted by Crippen LogP contribution is -2.36. The van der Waals surface area contributed by atoms with Crippen LogP contribution >= 0.6 is 0 Å². The Morgan fingerprint density at radius 2 is 1.90 bits per heavy atom. The molecule has 1 heterocycles. The molecule has 1 aliphatic heterocycles. The first kappa shape index (κ1) is 16.5. The van der Waals surface area contributed by atoms with Crippen molar-refractivity contribution in [2.24, 2.45) is 0 Å². The average molecular weight is 288 g/mol. The van der Waals surface area contributed by atoms with Crippen LogP contribution in [0.2, 0.25) is 0 Å². The second-order valence-electron chi connectivity index (χ2n) is 7.41. The van der Waals surface area contributed by atoms with Crippen molar-refractivity contribution in [3.8, 4) is 0 Å². The molecule has 0 aromatic heterocycles. The summed E-state index contributed by atoms with van der Waals surface area (Å²) in [6.07, 6.45) is 4.01. The summed E-state index contributed by atoms with van der Waals surface area (Å²) in [7, 11) is 2.08. The molecule has 21 heavy (non-hydrogen) atoms. The topological polar surface area (TPSA) is 15.3 Å². The predicted molar refractivity (Wildman–Crippen MR) is 91.8 cm³/mol. The zero-order chi connectivity index (χ0) is 15.5. The maximum atomic E-state index is 3.51. The molecular formula is C19H32N2. The van der Waals surface area contributed by atoms with Crippen LogP contribution in [-0.2, 0) is 5.41 Å². The molecule has 2 atom stereocenters. The van der Waals surface area contributed by atoms with Gasteiger partial charge in [0.25, 0.3) is 0 Å². The Balaban J connectivity index is 2.07. The van der Waals surface area contributed by atoms with Gasteiger partial charge in [-0.15, -0.1) is 0 Å². The first-order valence-corrected chi connectivity index (χ1v) is 8.47. The number of hydrogen-bond acceptors (Lipinski definition) is 2. The molecule has 1 N–H and O–H groups in total. The van der Waals surface area contributed by atoms with Crippen LogP contribution in [0.15, 0.2) is 24.3 Å². The van der Waals surface area contributed by atoms with Gasteiger partial charge in [-0.1, -0.05) is 52.0 Å². The van der Waals surface area contributed by atoms with Crippen LogP contribution < -0.4 is 5.32 Å². The number of nitrogens with one attached hydrogen (secondary N) is 1. The van der Waals surface area contributed by atoms with Gasteiger partial charge >= 0.3 is 0 Å². The van der Waals surface area contributed by atoms with Crippen LogP contribution in [0, 0.1) is 0 Å². The Morgan fingerprint density at radius 3 is 2.43 bits per heavy atom. The Morgan fingerprint density at radius 1 is 1.24 bits per heavy atom. The van der Waals surface area contributed by atoms with Crippen molar-refractivity contribution < 1.29 is 0 Å². The smallest absolute Gasteiger partial charge is 0.0446 e. The number of nitrogens with zero attached hydrogens (tertiary/aromatic N) is 1. The maximum Gasteiger partial charge on any atom is 0.0446 e. The molecule has 1 aromatic rings. The van der Waals surface area contributed by atoms with E-state index in [1.807, 2.05) is 0 Å². The number of hydrogen-bond donors (Lipinski definition) is 1. The molecule has 0 aliphatic carbocycles. The normalized spacial score (nSPS) is 21.7. The van der Waals surface area contributed by atoms with Gasteiger partial charge in [0.1, 0.15) is 0 Å². The zero-order valence-corrected chi connectivity index (χ0v) is 14.4. The first-order valence-electron chi connectivity index (χ1n) is 8.47. The number of likely N-dealkylation sites (N-methyl/N-ethyl adjacent to an activating group) is 1. The van der Waals surface area contributed by atoms with Crippen molar-refractivity contribution in [2.75, 3.05) is 20.1 Å². The van der Waals surface area contributed by atoms with Crippen LogP contribution in [0.3, 0.4) is 0 Å². The Bertz CT molecular complexity index is 430. The lowest BCUT2D eigenvalue weighted by atomic mass is 9.86. The van der Waals surface area contributed by atoms with E-state index in [9.17, 15) is 0 Å². The number of likely N-dealkylation sites (tertiary alicyclic amines) is 1. The molecule has 0 saturated carbocycles. The van der Waals surface area contributed by atoms with Gasteiger partial charge in [0.2, 0.25) is 0 Å². The maximum absolute atomic E-state index is 3.51. The number of rotatable bonds is 5. The predicted octanol–water partition coefficient (Wildman–Crippen LogP) is 4.12. The monoisotopic (exact) mass is 288 g/mol. The molecule has 0 radical (unpaired) electrons. The average Bonchev–Trinajstić information content (AvgIpc) is 2.91. The summed E-state index contributed by atoms with van der Waals surface area (Å²) in [6.45, 7) is 11.5. The van der Waals surface area contributed by atoms with Crippen LogP contribution in [0.25, 0.3) is 0 Å². The summed E-state index contributed by atoms with van der Waals surface area (Å²) in [5, 5.41) is 3.51. The minimum absolute atomic E-state index is 0.232. The second kappa shape index (κ2) is 6.93. The molecule has 2 rings (SSSR count). The van der Waals surface area contributed by atoms with E-state index in [1.165, 1.54) is 36.9 Å². The van der Waals surface area contributed by atoms with Gasteiger partial charge in [-0.05, 0) is 49.4 Å². The molecule has 1 saturated heterocycles. The molecule has 1 fully saturated rings. The van der Waals surface area contributed by atoms with Crippen molar-refractivity contribution in [3.05, 3.63) is 35.4 Å². The summed E-state index contributed by atoms with van der Waals surface area (Å²) in [5.74, 6) is 0. The Labute approximate surface area is 130 Å². The summed E-state index contributed by atoms with van der Waals surface area (Å²) in [6, 6.07) is 10.4. The summed E-state index contributed by atoms with van der Waals surface area (Å²) in [5.41, 5.74) is 3.05. The van der Waals surface area contributed by atoms with Gasteiger partial charge < -0.3 is 5.32 Å². The second-order valence-corrected chi connectivity index (χ2v) is 7.41. The molecule has 118 valence electrons. The van der Waals surface area contributed by atoms with E-state index >= 15 is 0 Å². The van der Waals surface area contributed by atoms with Gasteiger partial charge in [0, 0.05) is 18.6 Å². The van der Waals surface area contributed by atoms with E-state index in [-0.39, 0.29) is 5.41 Å². The lowest BCUT2D eigenvalue weighted by Gasteiger charge is -2.29. The zero-order valence-electron chi connectivity index (χ0n) is 14.4. The summed E-state index contributed by atoms with van der Waals surface area (Å²) >= 11 is 0. The highest BCUT2D eigenvalue weighted by molar-refractivity contribution is 5.29. The van der Waals surface area contributed by atoms with Crippen LogP contribution in [0.4, 0.5) is 0 Å². The molecule has 0 spiro atoms. The van der Waals surface area contributed by atoms with Crippen LogP contribution in [-0.4, -0.2) is 31.1 Å². The largest absolute Gasteiger partial charge is 0.312 e. The van der Waals surface area contributed by atoms with Gasteiger partial charge in [0.15, 0.2) is 0 Å². The fraction of sp³-hybridized carbons (Fsp3) is 0.684. The molecule has 1 aromatic carbocycles. The fourth-order valence-corrected chi connectivity index (χ4v) is 3.41. The third-order valence-corrected chi connectivity index (χ3v) is 4.91. The van der Waals surface area contributed by atoms with Crippen molar-refractivity contribution >= 4 is 0 Å². The molecule has 1 aliphatic rings. The van der Waals surface area contributed by atoms with Crippen molar-refractivity contribution in [2.45, 2.75) is 64.5 Å². The molecule has 2 unspecified atom stereocenters. The lowest BCUT2D eigenvalue weighted by molar-refractivity contribution is 0.224. The number of benzene rings is 1. The van der Waals surface area contributed by atoms with E-state index < -0.39 is 0 Å². The van der Waals surface area contributed by atoms with Gasteiger partial charge in [-0.25, -0.2) is 0 Å². The molecule has 0 bridgehead atoms. The van der Waals surface area contributed by atoms with Gasteiger partial charge in [-0.2, -0.15) is 0 Å². The van der Waals surface area contributed by atoms with E-state index in [0.29, 0.717) is 6.04 Å². The Kier molecular flexibility index (Phi) is 5.45. The van der Waals surface area contributed by atoms with E-state index in [1.54, 1.807) is 0 Å². The van der Waals surface area contributed by atoms with E-state index in [0.717, 1.165) is 12.6 Å². The van der Waals surface area contributed by atoms with Crippen molar-refractivity contribution in [1.29, 1.82) is 0 Å². The van der Waals surface area contributed by atoms with Crippen LogP contribution in [0.1, 0.15) is 64.1 Å². The summed E-state index contributed by atoms with van der Waals surface area (Å²) in [4.78, 5) is 2.67.